The Labute approximate surface area is 348 Å². The maximum atomic E-state index is 5.38. The van der Waals surface area contributed by atoms with Crippen molar-refractivity contribution >= 4 is 96.4 Å². The molecule has 0 spiro atoms. The lowest BCUT2D eigenvalue weighted by atomic mass is 10.00. The quantitative estimate of drug-likeness (QED) is 0.167. The Kier molecular flexibility index (Phi) is 7.14. The van der Waals surface area contributed by atoms with E-state index in [-0.39, 0.29) is 0 Å². The second-order valence-corrected chi connectivity index (χ2v) is 16.6. The molecule has 0 fully saturated rings. The van der Waals surface area contributed by atoms with Crippen molar-refractivity contribution in [1.29, 1.82) is 0 Å². The maximum absolute atomic E-state index is 5.38. The number of nitrogens with zero attached hydrogens (tertiary/aromatic N) is 4. The summed E-state index contributed by atoms with van der Waals surface area (Å²) < 4.78 is 4.82. The summed E-state index contributed by atoms with van der Waals surface area (Å²) in [7, 11) is 0. The molecule has 3 aromatic heterocycles. The van der Waals surface area contributed by atoms with Crippen molar-refractivity contribution in [3.05, 3.63) is 194 Å². The fraction of sp³-hybridized carbons (Fsp3) is 0. The van der Waals surface area contributed by atoms with E-state index in [4.69, 9.17) is 15.0 Å². The zero-order valence-electron chi connectivity index (χ0n) is 32.2. The van der Waals surface area contributed by atoms with Crippen molar-refractivity contribution in [2.75, 3.05) is 0 Å². The van der Waals surface area contributed by atoms with E-state index < -0.39 is 0 Å². The minimum Gasteiger partial charge on any atom is -0.309 e. The van der Waals surface area contributed by atoms with Crippen molar-refractivity contribution in [1.82, 2.24) is 19.5 Å². The Bertz CT molecular complexity index is 3910. The van der Waals surface area contributed by atoms with Crippen LogP contribution >= 0.6 is 11.3 Å². The van der Waals surface area contributed by atoms with Crippen LogP contribution in [0.15, 0.2) is 194 Å². The van der Waals surface area contributed by atoms with Gasteiger partial charge in [-0.25, -0.2) is 15.0 Å². The number of rotatable bonds is 4. The Balaban J connectivity index is 1.09. The molecule has 0 amide bonds. The summed E-state index contributed by atoms with van der Waals surface area (Å²) in [5, 5.41) is 14.4. The van der Waals surface area contributed by atoms with Crippen molar-refractivity contribution in [2.45, 2.75) is 0 Å². The lowest BCUT2D eigenvalue weighted by Gasteiger charge is -2.14. The van der Waals surface area contributed by atoms with Crippen molar-refractivity contribution in [2.24, 2.45) is 0 Å². The van der Waals surface area contributed by atoms with Gasteiger partial charge >= 0.3 is 0 Å². The van der Waals surface area contributed by atoms with Gasteiger partial charge in [0.2, 0.25) is 0 Å². The van der Waals surface area contributed by atoms with Crippen LogP contribution < -0.4 is 0 Å². The summed E-state index contributed by atoms with van der Waals surface area (Å²) in [6.45, 7) is 0. The van der Waals surface area contributed by atoms with E-state index in [1.807, 2.05) is 0 Å². The summed E-state index contributed by atoms with van der Waals surface area (Å²) in [5.41, 5.74) is 6.41. The number of para-hydroxylation sites is 1. The van der Waals surface area contributed by atoms with Crippen LogP contribution in [-0.2, 0) is 0 Å². The van der Waals surface area contributed by atoms with Crippen molar-refractivity contribution in [3.8, 4) is 39.9 Å². The molecule has 13 rings (SSSR count). The van der Waals surface area contributed by atoms with Crippen LogP contribution in [0.3, 0.4) is 0 Å². The molecule has 0 aliphatic rings. The third-order valence-electron chi connectivity index (χ3n) is 12.2. The Morgan fingerprint density at radius 2 is 0.967 bits per heavy atom. The highest BCUT2D eigenvalue weighted by atomic mass is 32.1. The zero-order chi connectivity index (χ0) is 39.3. The summed E-state index contributed by atoms with van der Waals surface area (Å²) in [6.07, 6.45) is 0. The van der Waals surface area contributed by atoms with E-state index in [1.165, 1.54) is 64.2 Å². The van der Waals surface area contributed by atoms with E-state index in [0.29, 0.717) is 17.5 Å². The predicted octanol–water partition coefficient (Wildman–Crippen LogP) is 15.0. The lowest BCUT2D eigenvalue weighted by molar-refractivity contribution is 1.08. The molecule has 0 aliphatic carbocycles. The first kappa shape index (κ1) is 33.3. The molecule has 13 aromatic rings. The maximum Gasteiger partial charge on any atom is 0.165 e. The first-order valence-electron chi connectivity index (χ1n) is 20.3. The minimum absolute atomic E-state index is 0.644. The molecule has 0 aliphatic heterocycles. The number of hydrogen-bond acceptors (Lipinski definition) is 4. The molecule has 0 N–H and O–H groups in total. The Morgan fingerprint density at radius 3 is 1.82 bits per heavy atom. The molecule has 10 aromatic carbocycles. The van der Waals surface area contributed by atoms with Gasteiger partial charge in [-0.05, 0) is 85.6 Å². The molecule has 0 radical (unpaired) electrons. The van der Waals surface area contributed by atoms with Crippen LogP contribution in [0.4, 0.5) is 0 Å². The molecule has 0 saturated carbocycles. The van der Waals surface area contributed by atoms with Gasteiger partial charge in [0.25, 0.3) is 0 Å². The van der Waals surface area contributed by atoms with Gasteiger partial charge in [-0.3, -0.25) is 0 Å². The molecule has 3 heterocycles. The van der Waals surface area contributed by atoms with Gasteiger partial charge in [-0.1, -0.05) is 152 Å². The number of benzene rings is 10. The number of aromatic nitrogens is 4. The van der Waals surface area contributed by atoms with Gasteiger partial charge in [0, 0.05) is 47.6 Å². The fourth-order valence-electron chi connectivity index (χ4n) is 9.41. The summed E-state index contributed by atoms with van der Waals surface area (Å²) >= 11 is 1.80. The molecule has 0 unspecified atom stereocenters. The molecule has 0 atom stereocenters. The standard InChI is InChI=1S/C55H32N4S/c1-2-15-36-32-49-46(31-35(36)14-1)42-19-7-9-22-47(42)59(49)48-29-28-45(52-51(48)44-20-8-10-23-50(44)60-52)55-57-53(56-54(58-55)43-21-11-16-33-12-3-6-18-40(33)43)38-26-27-41-37(30-38)25-24-34-13-4-5-17-39(34)41/h1-32H. The topological polar surface area (TPSA) is 43.6 Å². The molecule has 0 saturated heterocycles. The second kappa shape index (κ2) is 12.9. The third-order valence-corrected chi connectivity index (χ3v) is 13.4. The average Bonchev–Trinajstić information content (AvgIpc) is 3.86. The van der Waals surface area contributed by atoms with Crippen LogP contribution in [-0.4, -0.2) is 19.5 Å². The molecule has 60 heavy (non-hydrogen) atoms. The van der Waals surface area contributed by atoms with E-state index in [2.05, 4.69) is 199 Å². The number of hydrogen-bond donors (Lipinski definition) is 0. The summed E-state index contributed by atoms with van der Waals surface area (Å²) in [5.74, 6) is 1.95. The van der Waals surface area contributed by atoms with Crippen LogP contribution in [0.2, 0.25) is 0 Å². The van der Waals surface area contributed by atoms with Gasteiger partial charge in [0.1, 0.15) is 0 Å². The van der Waals surface area contributed by atoms with E-state index in [9.17, 15) is 0 Å². The highest BCUT2D eigenvalue weighted by Gasteiger charge is 2.22. The van der Waals surface area contributed by atoms with E-state index in [1.54, 1.807) is 11.3 Å². The highest BCUT2D eigenvalue weighted by molar-refractivity contribution is 7.26. The van der Waals surface area contributed by atoms with Gasteiger partial charge < -0.3 is 4.57 Å². The van der Waals surface area contributed by atoms with Crippen LogP contribution in [0.5, 0.6) is 0 Å². The van der Waals surface area contributed by atoms with Crippen molar-refractivity contribution < 1.29 is 0 Å². The monoisotopic (exact) mass is 780 g/mol. The highest BCUT2D eigenvalue weighted by Crippen LogP contribution is 2.45. The normalized spacial score (nSPS) is 12.0. The third kappa shape index (κ3) is 5.00. The smallest absolute Gasteiger partial charge is 0.165 e. The SMILES string of the molecule is c1ccc2cc3c(cc2c1)c1ccccc1n3-c1ccc(-c2nc(-c3ccc4c(ccc5ccccc54)c3)nc(-c3cccc4ccccc34)n2)c2sc3ccccc3c12. The largest absolute Gasteiger partial charge is 0.309 e. The molecular weight excluding hydrogens is 749 g/mol. The van der Waals surface area contributed by atoms with Crippen LogP contribution in [0, 0.1) is 0 Å². The molecule has 5 heteroatoms. The molecule has 4 nitrogen and oxygen atoms in total. The van der Waals surface area contributed by atoms with Gasteiger partial charge in [0.05, 0.1) is 16.7 Å². The first-order valence-corrected chi connectivity index (χ1v) is 21.1. The van der Waals surface area contributed by atoms with Gasteiger partial charge in [-0.2, -0.15) is 0 Å². The van der Waals surface area contributed by atoms with Gasteiger partial charge in [-0.15, -0.1) is 11.3 Å². The van der Waals surface area contributed by atoms with E-state index >= 15 is 0 Å². The first-order chi connectivity index (χ1) is 29.7. The zero-order valence-corrected chi connectivity index (χ0v) is 33.0. The van der Waals surface area contributed by atoms with Crippen LogP contribution in [0.1, 0.15) is 0 Å². The summed E-state index contributed by atoms with van der Waals surface area (Å²) in [4.78, 5) is 16.0. The lowest BCUT2D eigenvalue weighted by Crippen LogP contribution is -2.01. The fourth-order valence-corrected chi connectivity index (χ4v) is 10.6. The van der Waals surface area contributed by atoms with Gasteiger partial charge in [0.15, 0.2) is 17.5 Å². The molecular formula is C55H32N4S. The van der Waals surface area contributed by atoms with Crippen LogP contribution in [0.25, 0.3) is 125 Å². The number of fused-ring (bicyclic) bond motifs is 11. The Morgan fingerprint density at radius 1 is 0.350 bits per heavy atom. The predicted molar refractivity (Wildman–Crippen MR) is 253 cm³/mol. The average molecular weight is 781 g/mol. The molecule has 0 bridgehead atoms. The molecule has 278 valence electrons. The number of thiophene rings is 1. The van der Waals surface area contributed by atoms with E-state index in [0.717, 1.165) is 43.2 Å². The minimum atomic E-state index is 0.644. The van der Waals surface area contributed by atoms with Crippen molar-refractivity contribution in [3.63, 3.8) is 0 Å². The Hall–Kier alpha value is -7.73. The summed E-state index contributed by atoms with van der Waals surface area (Å²) in [6, 6.07) is 69.8. The second-order valence-electron chi connectivity index (χ2n) is 15.6.